The number of aliphatic hydroxyl groups is 1. The van der Waals surface area contributed by atoms with Gasteiger partial charge in [0, 0.05) is 44.3 Å². The van der Waals surface area contributed by atoms with Crippen molar-refractivity contribution in [3.05, 3.63) is 86.6 Å². The van der Waals surface area contributed by atoms with Gasteiger partial charge in [-0.1, -0.05) is 25.1 Å². The Bertz CT molecular complexity index is 1280. The first-order valence-electron chi connectivity index (χ1n) is 8.85. The molecule has 1 aromatic heterocycles. The Morgan fingerprint density at radius 3 is 2.43 bits per heavy atom. The number of nitro groups is 1. The quantitative estimate of drug-likeness (QED) is 0.299. The van der Waals surface area contributed by atoms with Crippen molar-refractivity contribution in [2.24, 2.45) is 0 Å². The molecule has 0 amide bonds. The second-order valence-corrected chi connectivity index (χ2v) is 7.84. The second kappa shape index (κ2) is 7.14. The van der Waals surface area contributed by atoms with Crippen LogP contribution in [0.3, 0.4) is 0 Å². The minimum absolute atomic E-state index is 0.0104. The van der Waals surface area contributed by atoms with Gasteiger partial charge in [-0.05, 0) is 47.5 Å². The normalized spacial score (nSPS) is 12.4. The molecule has 0 spiro atoms. The van der Waals surface area contributed by atoms with Crippen LogP contribution in [0.15, 0.2) is 65.5 Å². The molecule has 4 aromatic rings. The van der Waals surface area contributed by atoms with E-state index in [-0.39, 0.29) is 23.6 Å². The molecule has 5 nitrogen and oxygen atoms in total. The van der Waals surface area contributed by atoms with E-state index in [0.29, 0.717) is 16.3 Å². The molecule has 6 heteroatoms. The van der Waals surface area contributed by atoms with E-state index in [1.807, 2.05) is 42.5 Å². The first kappa shape index (κ1) is 18.3. The summed E-state index contributed by atoms with van der Waals surface area (Å²) < 4.78 is 1.85. The van der Waals surface area contributed by atoms with Crippen molar-refractivity contribution in [1.82, 2.24) is 0 Å². The van der Waals surface area contributed by atoms with E-state index in [2.05, 4.69) is 0 Å². The van der Waals surface area contributed by atoms with Crippen LogP contribution in [-0.4, -0.2) is 16.6 Å². The minimum Gasteiger partial charge on any atom is -0.396 e. The molecule has 0 radical (unpaired) electrons. The van der Waals surface area contributed by atoms with Gasteiger partial charge in [0.2, 0.25) is 0 Å². The van der Waals surface area contributed by atoms with E-state index in [4.69, 9.17) is 0 Å². The molecule has 0 aliphatic carbocycles. The highest BCUT2D eigenvalue weighted by Crippen LogP contribution is 2.33. The highest BCUT2D eigenvalue weighted by Gasteiger charge is 2.19. The summed E-state index contributed by atoms with van der Waals surface area (Å²) in [7, 11) is 0. The maximum absolute atomic E-state index is 12.9. The van der Waals surface area contributed by atoms with Gasteiger partial charge in [-0.15, -0.1) is 11.3 Å². The van der Waals surface area contributed by atoms with Gasteiger partial charge in [0.25, 0.3) is 5.69 Å². The molecule has 1 heterocycles. The van der Waals surface area contributed by atoms with Crippen LogP contribution in [0.1, 0.15) is 18.4 Å². The van der Waals surface area contributed by atoms with Crippen LogP contribution in [0.25, 0.3) is 31.3 Å². The lowest BCUT2D eigenvalue weighted by atomic mass is 9.94. The van der Waals surface area contributed by atoms with Gasteiger partial charge < -0.3 is 5.11 Å². The number of fused-ring (bicyclic) bond motifs is 2. The van der Waals surface area contributed by atoms with Gasteiger partial charge in [-0.3, -0.25) is 14.9 Å². The van der Waals surface area contributed by atoms with Gasteiger partial charge in [0.1, 0.15) is 0 Å². The zero-order valence-corrected chi connectivity index (χ0v) is 15.9. The molecule has 0 saturated heterocycles. The Kier molecular flexibility index (Phi) is 4.66. The maximum Gasteiger partial charge on any atom is 0.272 e. The third kappa shape index (κ3) is 3.06. The lowest BCUT2D eigenvalue weighted by molar-refractivity contribution is -0.385. The topological polar surface area (TPSA) is 80.4 Å². The summed E-state index contributed by atoms with van der Waals surface area (Å²) in [5, 5.41) is 22.1. The Morgan fingerprint density at radius 2 is 1.68 bits per heavy atom. The lowest BCUT2D eigenvalue weighted by Crippen LogP contribution is -2.04. The molecule has 0 saturated carbocycles. The molecule has 0 aliphatic rings. The number of benzene rings is 3. The van der Waals surface area contributed by atoms with Crippen LogP contribution in [0.4, 0.5) is 5.69 Å². The summed E-state index contributed by atoms with van der Waals surface area (Å²) >= 11 is 1.56. The van der Waals surface area contributed by atoms with Crippen LogP contribution in [0.2, 0.25) is 0 Å². The van der Waals surface area contributed by atoms with Crippen LogP contribution in [-0.2, 0) is 0 Å². The van der Waals surface area contributed by atoms with Gasteiger partial charge in [0.15, 0.2) is 5.43 Å². The van der Waals surface area contributed by atoms with Crippen LogP contribution < -0.4 is 5.43 Å². The highest BCUT2D eigenvalue weighted by atomic mass is 32.1. The van der Waals surface area contributed by atoms with Crippen LogP contribution in [0.5, 0.6) is 0 Å². The fourth-order valence-electron chi connectivity index (χ4n) is 3.38. The molecule has 1 N–H and O–H groups in total. The Balaban J connectivity index is 1.92. The van der Waals surface area contributed by atoms with Crippen molar-refractivity contribution in [2.75, 3.05) is 6.61 Å². The van der Waals surface area contributed by atoms with E-state index < -0.39 is 4.92 Å². The zero-order chi connectivity index (χ0) is 19.8. The molecule has 1 atom stereocenters. The molecule has 1 unspecified atom stereocenters. The van der Waals surface area contributed by atoms with Gasteiger partial charge in [-0.2, -0.15) is 0 Å². The van der Waals surface area contributed by atoms with Crippen molar-refractivity contribution in [3.8, 4) is 11.1 Å². The fraction of sp³-hybridized carbons (Fsp3) is 0.136. The minimum atomic E-state index is -0.435. The highest BCUT2D eigenvalue weighted by molar-refractivity contribution is 7.24. The SMILES string of the molecule is CC(CO)c1cc(-c2ccc3sc4ccccc4c(=O)c3c2)ccc1[N+](=O)[O-]. The monoisotopic (exact) mass is 391 g/mol. The van der Waals surface area contributed by atoms with Crippen molar-refractivity contribution in [1.29, 1.82) is 0 Å². The molecule has 140 valence electrons. The summed E-state index contributed by atoms with van der Waals surface area (Å²) in [5.74, 6) is -0.359. The Hall–Kier alpha value is -3.09. The van der Waals surface area contributed by atoms with E-state index in [9.17, 15) is 20.0 Å². The van der Waals surface area contributed by atoms with Crippen molar-refractivity contribution < 1.29 is 10.0 Å². The summed E-state index contributed by atoms with van der Waals surface area (Å²) in [6.07, 6.45) is 0. The number of aliphatic hydroxyl groups excluding tert-OH is 1. The molecule has 0 fully saturated rings. The average Bonchev–Trinajstić information content (AvgIpc) is 2.72. The Labute approximate surface area is 164 Å². The number of rotatable bonds is 4. The average molecular weight is 391 g/mol. The maximum atomic E-state index is 12.9. The van der Waals surface area contributed by atoms with Gasteiger partial charge in [0.05, 0.1) is 4.92 Å². The van der Waals surface area contributed by atoms with Crippen LogP contribution in [0, 0.1) is 10.1 Å². The zero-order valence-electron chi connectivity index (χ0n) is 15.1. The lowest BCUT2D eigenvalue weighted by Gasteiger charge is -2.12. The van der Waals surface area contributed by atoms with E-state index in [1.54, 1.807) is 30.4 Å². The molecule has 3 aromatic carbocycles. The molecule has 4 rings (SSSR count). The Morgan fingerprint density at radius 1 is 1.00 bits per heavy atom. The van der Waals surface area contributed by atoms with Gasteiger partial charge in [-0.25, -0.2) is 0 Å². The van der Waals surface area contributed by atoms with E-state index in [0.717, 1.165) is 20.5 Å². The van der Waals surface area contributed by atoms with Gasteiger partial charge >= 0.3 is 0 Å². The number of nitrogens with zero attached hydrogens (tertiary/aromatic N) is 1. The molecular weight excluding hydrogens is 374 g/mol. The summed E-state index contributed by atoms with van der Waals surface area (Å²) in [4.78, 5) is 23.8. The molecule has 0 aliphatic heterocycles. The van der Waals surface area contributed by atoms with Crippen molar-refractivity contribution in [3.63, 3.8) is 0 Å². The smallest absolute Gasteiger partial charge is 0.272 e. The predicted molar refractivity (Wildman–Crippen MR) is 113 cm³/mol. The summed E-state index contributed by atoms with van der Waals surface area (Å²) in [5.41, 5.74) is 2.04. The third-order valence-electron chi connectivity index (χ3n) is 4.94. The van der Waals surface area contributed by atoms with Crippen molar-refractivity contribution >= 4 is 37.2 Å². The first-order chi connectivity index (χ1) is 13.5. The van der Waals surface area contributed by atoms with Crippen molar-refractivity contribution in [2.45, 2.75) is 12.8 Å². The summed E-state index contributed by atoms with van der Waals surface area (Å²) in [6.45, 7) is 1.57. The molecule has 28 heavy (non-hydrogen) atoms. The predicted octanol–water partition coefficient (Wildman–Crippen LogP) is 5.09. The van der Waals surface area contributed by atoms with E-state index in [1.165, 1.54) is 6.07 Å². The van der Waals surface area contributed by atoms with E-state index >= 15 is 0 Å². The number of hydrogen-bond acceptors (Lipinski definition) is 5. The fourth-order valence-corrected chi connectivity index (χ4v) is 4.43. The first-order valence-corrected chi connectivity index (χ1v) is 9.66. The molecule has 0 bridgehead atoms. The van der Waals surface area contributed by atoms with Crippen LogP contribution >= 0.6 is 11.3 Å². The third-order valence-corrected chi connectivity index (χ3v) is 6.09. The summed E-state index contributed by atoms with van der Waals surface area (Å²) in [6, 6.07) is 18.1. The second-order valence-electron chi connectivity index (χ2n) is 6.75. The number of hydrogen-bond donors (Lipinski definition) is 1. The molecular formula is C22H17NO4S. The number of nitro benzene ring substituents is 1. The standard InChI is InChI=1S/C22H17NO4S/c1-13(12-24)17-10-14(6-8-19(17)23(26)27)15-7-9-21-18(11-15)22(25)16-4-2-3-5-20(16)28-21/h2-11,13,24H,12H2,1H3. The largest absolute Gasteiger partial charge is 0.396 e.